The lowest BCUT2D eigenvalue weighted by Gasteiger charge is -2.11. The van der Waals surface area contributed by atoms with Gasteiger partial charge in [-0.3, -0.25) is 0 Å². The van der Waals surface area contributed by atoms with Crippen LogP contribution in [0.3, 0.4) is 0 Å². The van der Waals surface area contributed by atoms with Gasteiger partial charge in [-0.15, -0.1) is 0 Å². The van der Waals surface area contributed by atoms with E-state index < -0.39 is 0 Å². The van der Waals surface area contributed by atoms with Gasteiger partial charge in [0.2, 0.25) is 0 Å². The van der Waals surface area contributed by atoms with Gasteiger partial charge in [0.1, 0.15) is 23.6 Å². The molecule has 0 aliphatic rings. The minimum absolute atomic E-state index is 0.666. The average molecular weight is 371 g/mol. The van der Waals surface area contributed by atoms with Gasteiger partial charge < -0.3 is 14.8 Å². The molecule has 1 N–H and O–H groups in total. The average Bonchev–Trinajstić information content (AvgIpc) is 2.77. The summed E-state index contributed by atoms with van der Waals surface area (Å²) < 4.78 is 10.6. The van der Waals surface area contributed by atoms with Crippen LogP contribution in [0.4, 0.5) is 5.82 Å². The quantitative estimate of drug-likeness (QED) is 0.521. The van der Waals surface area contributed by atoms with Crippen molar-refractivity contribution >= 4 is 16.7 Å². The number of fused-ring (bicyclic) bond motifs is 1. The fourth-order valence-corrected chi connectivity index (χ4v) is 3.11. The van der Waals surface area contributed by atoms with Crippen molar-refractivity contribution < 1.29 is 9.47 Å². The van der Waals surface area contributed by atoms with Gasteiger partial charge in [-0.2, -0.15) is 0 Å². The highest BCUT2D eigenvalue weighted by Gasteiger charge is 2.07. The Hall–Kier alpha value is -3.60. The number of ether oxygens (including phenoxy) is 2. The summed E-state index contributed by atoms with van der Waals surface area (Å²) in [6, 6.07) is 22.2. The van der Waals surface area contributed by atoms with Gasteiger partial charge in [-0.05, 0) is 53.1 Å². The van der Waals surface area contributed by atoms with Crippen molar-refractivity contribution in [1.29, 1.82) is 0 Å². The molecular formula is C23H21N3O2. The Balaban J connectivity index is 1.64. The summed E-state index contributed by atoms with van der Waals surface area (Å²) >= 11 is 0. The van der Waals surface area contributed by atoms with E-state index in [4.69, 9.17) is 9.47 Å². The monoisotopic (exact) mass is 371 g/mol. The van der Waals surface area contributed by atoms with Crippen molar-refractivity contribution in [3.63, 3.8) is 0 Å². The number of nitrogens with zero attached hydrogens (tertiary/aromatic N) is 2. The SMILES string of the molecule is COc1ccc(CNc2ncnc3ccc(-c4cccc(OC)c4)cc23)cc1. The standard InChI is InChI=1S/C23H21N3O2/c1-27-19-9-6-16(7-10-19)14-24-23-21-13-18(8-11-22(21)25-15-26-23)17-4-3-5-20(12-17)28-2/h3-13,15H,14H2,1-2H3,(H,24,25,26). The zero-order valence-electron chi connectivity index (χ0n) is 15.8. The Labute approximate surface area is 164 Å². The fourth-order valence-electron chi connectivity index (χ4n) is 3.11. The first-order valence-electron chi connectivity index (χ1n) is 9.03. The van der Waals surface area contributed by atoms with E-state index in [1.807, 2.05) is 48.5 Å². The lowest BCUT2D eigenvalue weighted by molar-refractivity contribution is 0.414. The highest BCUT2D eigenvalue weighted by Crippen LogP contribution is 2.29. The van der Waals surface area contributed by atoms with Crippen LogP contribution in [0.5, 0.6) is 11.5 Å². The summed E-state index contributed by atoms with van der Waals surface area (Å²) in [7, 11) is 3.34. The highest BCUT2D eigenvalue weighted by atomic mass is 16.5. The van der Waals surface area contributed by atoms with Gasteiger partial charge in [0.15, 0.2) is 0 Å². The maximum absolute atomic E-state index is 5.35. The van der Waals surface area contributed by atoms with Gasteiger partial charge in [0.25, 0.3) is 0 Å². The molecule has 0 radical (unpaired) electrons. The number of methoxy groups -OCH3 is 2. The van der Waals surface area contributed by atoms with Crippen LogP contribution in [0.15, 0.2) is 73.1 Å². The normalized spacial score (nSPS) is 10.6. The van der Waals surface area contributed by atoms with Gasteiger partial charge in [-0.1, -0.05) is 30.3 Å². The highest BCUT2D eigenvalue weighted by molar-refractivity contribution is 5.92. The van der Waals surface area contributed by atoms with E-state index in [1.54, 1.807) is 20.5 Å². The number of hydrogen-bond donors (Lipinski definition) is 1. The molecule has 0 bridgehead atoms. The van der Waals surface area contributed by atoms with Gasteiger partial charge in [0, 0.05) is 11.9 Å². The minimum atomic E-state index is 0.666. The maximum Gasteiger partial charge on any atom is 0.137 e. The van der Waals surface area contributed by atoms with Crippen LogP contribution in [-0.4, -0.2) is 24.2 Å². The van der Waals surface area contributed by atoms with E-state index in [0.29, 0.717) is 6.54 Å². The zero-order chi connectivity index (χ0) is 19.3. The molecule has 0 spiro atoms. The van der Waals surface area contributed by atoms with Crippen LogP contribution >= 0.6 is 0 Å². The Bertz CT molecular complexity index is 1090. The Kier molecular flexibility index (Phi) is 5.06. The van der Waals surface area contributed by atoms with Crippen molar-refractivity contribution in [2.75, 3.05) is 19.5 Å². The molecule has 0 fully saturated rings. The van der Waals surface area contributed by atoms with Gasteiger partial charge in [-0.25, -0.2) is 9.97 Å². The summed E-state index contributed by atoms with van der Waals surface area (Å²) in [6.07, 6.45) is 1.59. The van der Waals surface area contributed by atoms with E-state index in [9.17, 15) is 0 Å². The second kappa shape index (κ2) is 7.96. The summed E-state index contributed by atoms with van der Waals surface area (Å²) in [4.78, 5) is 8.85. The molecule has 4 aromatic rings. The molecule has 0 saturated heterocycles. The summed E-state index contributed by atoms with van der Waals surface area (Å²) in [6.45, 7) is 0.666. The number of rotatable bonds is 6. The molecule has 140 valence electrons. The minimum Gasteiger partial charge on any atom is -0.497 e. The van der Waals surface area contributed by atoms with Crippen LogP contribution in [-0.2, 0) is 6.54 Å². The summed E-state index contributed by atoms with van der Waals surface area (Å²) in [5, 5.41) is 4.41. The van der Waals surface area contributed by atoms with E-state index in [0.717, 1.165) is 44.9 Å². The Morgan fingerprint density at radius 3 is 2.36 bits per heavy atom. The molecule has 3 aromatic carbocycles. The van der Waals surface area contributed by atoms with Crippen molar-refractivity contribution in [2.24, 2.45) is 0 Å². The van der Waals surface area contributed by atoms with E-state index >= 15 is 0 Å². The first-order chi connectivity index (χ1) is 13.8. The van der Waals surface area contributed by atoms with Crippen molar-refractivity contribution in [1.82, 2.24) is 9.97 Å². The van der Waals surface area contributed by atoms with Crippen molar-refractivity contribution in [2.45, 2.75) is 6.54 Å². The third kappa shape index (κ3) is 3.74. The summed E-state index contributed by atoms with van der Waals surface area (Å²) in [5.74, 6) is 2.49. The first kappa shape index (κ1) is 17.8. The van der Waals surface area contributed by atoms with E-state index in [2.05, 4.69) is 33.5 Å². The predicted molar refractivity (Wildman–Crippen MR) is 112 cm³/mol. The van der Waals surface area contributed by atoms with Crippen LogP contribution in [0.25, 0.3) is 22.0 Å². The fraction of sp³-hybridized carbons (Fsp3) is 0.130. The Morgan fingerprint density at radius 1 is 0.786 bits per heavy atom. The molecule has 28 heavy (non-hydrogen) atoms. The van der Waals surface area contributed by atoms with Crippen molar-refractivity contribution in [3.8, 4) is 22.6 Å². The molecule has 1 aromatic heterocycles. The smallest absolute Gasteiger partial charge is 0.137 e. The second-order valence-corrected chi connectivity index (χ2v) is 6.39. The molecule has 1 heterocycles. The van der Waals surface area contributed by atoms with Crippen molar-refractivity contribution in [3.05, 3.63) is 78.6 Å². The van der Waals surface area contributed by atoms with Gasteiger partial charge in [0.05, 0.1) is 19.7 Å². The van der Waals surface area contributed by atoms with Gasteiger partial charge >= 0.3 is 0 Å². The first-order valence-corrected chi connectivity index (χ1v) is 9.03. The molecule has 0 unspecified atom stereocenters. The lowest BCUT2D eigenvalue weighted by atomic mass is 10.0. The topological polar surface area (TPSA) is 56.3 Å². The zero-order valence-corrected chi connectivity index (χ0v) is 15.8. The molecule has 0 saturated carbocycles. The number of nitrogens with one attached hydrogen (secondary N) is 1. The second-order valence-electron chi connectivity index (χ2n) is 6.39. The third-order valence-corrected chi connectivity index (χ3v) is 4.66. The molecular weight excluding hydrogens is 350 g/mol. The number of benzene rings is 3. The van der Waals surface area contributed by atoms with Crippen LogP contribution in [0, 0.1) is 0 Å². The Morgan fingerprint density at radius 2 is 1.57 bits per heavy atom. The molecule has 5 nitrogen and oxygen atoms in total. The predicted octanol–water partition coefficient (Wildman–Crippen LogP) is 4.93. The summed E-state index contributed by atoms with van der Waals surface area (Å²) in [5.41, 5.74) is 4.23. The molecule has 0 aliphatic heterocycles. The largest absolute Gasteiger partial charge is 0.497 e. The molecule has 0 aliphatic carbocycles. The number of anilines is 1. The molecule has 5 heteroatoms. The number of hydrogen-bond acceptors (Lipinski definition) is 5. The molecule has 4 rings (SSSR count). The molecule has 0 amide bonds. The van der Waals surface area contributed by atoms with E-state index in [-0.39, 0.29) is 0 Å². The lowest BCUT2D eigenvalue weighted by Crippen LogP contribution is -2.02. The number of aromatic nitrogens is 2. The van der Waals surface area contributed by atoms with Crippen LogP contribution in [0.1, 0.15) is 5.56 Å². The maximum atomic E-state index is 5.35. The van der Waals surface area contributed by atoms with E-state index in [1.165, 1.54) is 0 Å². The van der Waals surface area contributed by atoms with Crippen LogP contribution < -0.4 is 14.8 Å². The third-order valence-electron chi connectivity index (χ3n) is 4.66. The van der Waals surface area contributed by atoms with Crippen LogP contribution in [0.2, 0.25) is 0 Å². The molecule has 0 atom stereocenters.